The second kappa shape index (κ2) is 14.1. The molecule has 0 unspecified atom stereocenters. The number of amides is 3. The Labute approximate surface area is 219 Å². The highest BCUT2D eigenvalue weighted by molar-refractivity contribution is 5.92. The summed E-state index contributed by atoms with van der Waals surface area (Å²) < 4.78 is 5.42. The molecule has 1 aromatic rings. The van der Waals surface area contributed by atoms with Gasteiger partial charge >= 0.3 is 0 Å². The van der Waals surface area contributed by atoms with E-state index in [9.17, 15) is 14.4 Å². The average Bonchev–Trinajstić information content (AvgIpc) is 2.86. The predicted octanol–water partition coefficient (Wildman–Crippen LogP) is -0.245. The van der Waals surface area contributed by atoms with E-state index in [0.717, 1.165) is 51.5 Å². The first kappa shape index (κ1) is 28.6. The standard InChI is InChI=1S/C25H42N8O4/c1-17(2)22-24(36)28-18(3)23(35)27-8-6-19-16-20(26-9-7-21(34)31-22)30-25(29-19)32(4)10-5-11-33-12-14-37-15-13-33/h16-18,22H,5-15H2,1-4H3,(H,27,35)(H,28,36)(H,31,34)(H,26,29,30)/t18-,22+/m0/s1. The molecule has 2 aliphatic rings. The molecule has 12 nitrogen and oxygen atoms in total. The monoisotopic (exact) mass is 518 g/mol. The van der Waals surface area contributed by atoms with Gasteiger partial charge in [0, 0.05) is 70.9 Å². The maximum Gasteiger partial charge on any atom is 0.243 e. The molecule has 1 fully saturated rings. The van der Waals surface area contributed by atoms with Crippen molar-refractivity contribution in [2.24, 2.45) is 5.92 Å². The molecule has 1 saturated heterocycles. The molecule has 2 atom stereocenters. The third-order valence-electron chi connectivity index (χ3n) is 6.54. The molecule has 0 spiro atoms. The highest BCUT2D eigenvalue weighted by Gasteiger charge is 2.27. The zero-order valence-electron chi connectivity index (χ0n) is 22.5. The average molecular weight is 519 g/mol. The van der Waals surface area contributed by atoms with Crippen LogP contribution >= 0.6 is 0 Å². The van der Waals surface area contributed by atoms with Gasteiger partial charge in [-0.05, 0) is 19.3 Å². The van der Waals surface area contributed by atoms with E-state index in [1.807, 2.05) is 31.9 Å². The molecular weight excluding hydrogens is 476 g/mol. The first-order valence-corrected chi connectivity index (χ1v) is 13.2. The Bertz CT molecular complexity index is 922. The zero-order valence-corrected chi connectivity index (χ0v) is 22.5. The molecule has 3 rings (SSSR count). The first-order valence-electron chi connectivity index (χ1n) is 13.2. The lowest BCUT2D eigenvalue weighted by Crippen LogP contribution is -2.54. The molecule has 2 aliphatic heterocycles. The lowest BCUT2D eigenvalue weighted by molar-refractivity contribution is -0.132. The smallest absolute Gasteiger partial charge is 0.243 e. The van der Waals surface area contributed by atoms with Gasteiger partial charge in [0.25, 0.3) is 0 Å². The van der Waals surface area contributed by atoms with Crippen molar-refractivity contribution < 1.29 is 19.1 Å². The lowest BCUT2D eigenvalue weighted by atomic mass is 10.0. The number of hydrogen-bond acceptors (Lipinski definition) is 9. The quantitative estimate of drug-likeness (QED) is 0.401. The number of hydrogen-bond donors (Lipinski definition) is 4. The number of aromatic nitrogens is 2. The Balaban J connectivity index is 1.69. The van der Waals surface area contributed by atoms with Crippen LogP contribution in [0, 0.1) is 5.92 Å². The van der Waals surface area contributed by atoms with Crippen LogP contribution in [0.2, 0.25) is 0 Å². The van der Waals surface area contributed by atoms with E-state index in [2.05, 4.69) is 31.2 Å². The minimum Gasteiger partial charge on any atom is -0.379 e. The van der Waals surface area contributed by atoms with Gasteiger partial charge in [0.15, 0.2) is 0 Å². The van der Waals surface area contributed by atoms with Crippen molar-refractivity contribution in [3.05, 3.63) is 11.8 Å². The molecule has 3 heterocycles. The molecule has 12 heteroatoms. The van der Waals surface area contributed by atoms with Gasteiger partial charge in [-0.2, -0.15) is 4.98 Å². The number of ether oxygens (including phenoxy) is 1. The summed E-state index contributed by atoms with van der Waals surface area (Å²) in [5, 5.41) is 11.6. The molecule has 0 aliphatic carbocycles. The van der Waals surface area contributed by atoms with Gasteiger partial charge in [-0.15, -0.1) is 0 Å². The van der Waals surface area contributed by atoms with E-state index in [0.29, 0.717) is 31.3 Å². The maximum atomic E-state index is 12.7. The molecule has 2 bridgehead atoms. The van der Waals surface area contributed by atoms with Crippen molar-refractivity contribution in [2.75, 3.05) is 69.7 Å². The Hall–Kier alpha value is -2.99. The van der Waals surface area contributed by atoms with Crippen LogP contribution in [0.1, 0.15) is 39.3 Å². The summed E-state index contributed by atoms with van der Waals surface area (Å²) in [6.45, 7) is 11.4. The molecule has 37 heavy (non-hydrogen) atoms. The Morgan fingerprint density at radius 1 is 1.05 bits per heavy atom. The summed E-state index contributed by atoms with van der Waals surface area (Å²) in [7, 11) is 1.97. The fourth-order valence-corrected chi connectivity index (χ4v) is 4.25. The van der Waals surface area contributed by atoms with Crippen molar-refractivity contribution in [1.82, 2.24) is 30.8 Å². The fourth-order valence-electron chi connectivity index (χ4n) is 4.25. The number of rotatable bonds is 6. The molecule has 1 aromatic heterocycles. The van der Waals surface area contributed by atoms with Gasteiger partial charge in [0.1, 0.15) is 17.9 Å². The molecule has 0 radical (unpaired) electrons. The van der Waals surface area contributed by atoms with Crippen LogP contribution in [0.25, 0.3) is 0 Å². The highest BCUT2D eigenvalue weighted by Crippen LogP contribution is 2.15. The van der Waals surface area contributed by atoms with Crippen LogP contribution < -0.4 is 26.2 Å². The summed E-state index contributed by atoms with van der Waals surface area (Å²) in [5.74, 6) is 0.178. The molecule has 3 amide bonds. The predicted molar refractivity (Wildman–Crippen MR) is 141 cm³/mol. The number of nitrogens with one attached hydrogen (secondary N) is 4. The zero-order chi connectivity index (χ0) is 26.8. The SMILES string of the molecule is CC(C)[C@H]1NC(=O)CCNc2cc(nc(N(C)CCCN3CCOCC3)n2)CCNC(=O)[C@H](C)NC1=O. The van der Waals surface area contributed by atoms with Gasteiger partial charge < -0.3 is 30.9 Å². The Morgan fingerprint density at radius 2 is 1.78 bits per heavy atom. The summed E-state index contributed by atoms with van der Waals surface area (Å²) in [5.41, 5.74) is 0.779. The molecule has 0 aromatic carbocycles. The van der Waals surface area contributed by atoms with Gasteiger partial charge in [-0.25, -0.2) is 4.98 Å². The number of nitrogens with zero attached hydrogens (tertiary/aromatic N) is 4. The summed E-state index contributed by atoms with van der Waals surface area (Å²) in [4.78, 5) is 51.6. The Morgan fingerprint density at radius 3 is 2.51 bits per heavy atom. The highest BCUT2D eigenvalue weighted by atomic mass is 16.5. The Kier molecular flexibility index (Phi) is 10.9. The molecule has 0 saturated carbocycles. The lowest BCUT2D eigenvalue weighted by Gasteiger charge is -2.27. The molecular formula is C25H42N8O4. The minimum atomic E-state index is -0.727. The van der Waals surface area contributed by atoms with E-state index >= 15 is 0 Å². The van der Waals surface area contributed by atoms with Crippen LogP contribution in [-0.2, 0) is 25.5 Å². The van der Waals surface area contributed by atoms with Crippen molar-refractivity contribution in [1.29, 1.82) is 0 Å². The van der Waals surface area contributed by atoms with Crippen LogP contribution in [0.4, 0.5) is 11.8 Å². The van der Waals surface area contributed by atoms with E-state index < -0.39 is 12.1 Å². The van der Waals surface area contributed by atoms with Crippen molar-refractivity contribution in [3.63, 3.8) is 0 Å². The van der Waals surface area contributed by atoms with Crippen LogP contribution in [0.15, 0.2) is 6.07 Å². The van der Waals surface area contributed by atoms with E-state index in [1.165, 1.54) is 0 Å². The number of carbonyl (C=O) groups is 3. The van der Waals surface area contributed by atoms with Crippen LogP contribution in [-0.4, -0.2) is 104 Å². The van der Waals surface area contributed by atoms with Crippen molar-refractivity contribution >= 4 is 29.5 Å². The van der Waals surface area contributed by atoms with Crippen LogP contribution in [0.5, 0.6) is 0 Å². The van der Waals surface area contributed by atoms with Crippen molar-refractivity contribution in [2.45, 2.75) is 52.1 Å². The first-order chi connectivity index (χ1) is 17.7. The van der Waals surface area contributed by atoms with Gasteiger partial charge in [0.05, 0.1) is 13.2 Å². The number of fused-ring (bicyclic) bond motifs is 2. The fraction of sp³-hybridized carbons (Fsp3) is 0.720. The maximum absolute atomic E-state index is 12.7. The van der Waals surface area contributed by atoms with Gasteiger partial charge in [-0.3, -0.25) is 19.3 Å². The summed E-state index contributed by atoms with van der Waals surface area (Å²) in [6.07, 6.45) is 1.66. The minimum absolute atomic E-state index is 0.128. The van der Waals surface area contributed by atoms with Crippen molar-refractivity contribution in [3.8, 4) is 0 Å². The molecule has 4 N–H and O–H groups in total. The normalized spacial score (nSPS) is 22.6. The summed E-state index contributed by atoms with van der Waals surface area (Å²) in [6, 6.07) is 0.400. The largest absolute Gasteiger partial charge is 0.379 e. The van der Waals surface area contributed by atoms with Gasteiger partial charge in [0.2, 0.25) is 23.7 Å². The third-order valence-corrected chi connectivity index (χ3v) is 6.54. The second-order valence-corrected chi connectivity index (χ2v) is 10.0. The van der Waals surface area contributed by atoms with E-state index in [1.54, 1.807) is 6.92 Å². The number of carbonyl (C=O) groups excluding carboxylic acids is 3. The van der Waals surface area contributed by atoms with E-state index in [4.69, 9.17) is 9.72 Å². The van der Waals surface area contributed by atoms with Gasteiger partial charge in [-0.1, -0.05) is 13.8 Å². The van der Waals surface area contributed by atoms with Crippen LogP contribution in [0.3, 0.4) is 0 Å². The number of anilines is 2. The number of morpholine rings is 1. The second-order valence-electron chi connectivity index (χ2n) is 10.0. The van der Waals surface area contributed by atoms with E-state index in [-0.39, 0.29) is 30.1 Å². The topological polar surface area (TPSA) is 141 Å². The third kappa shape index (κ3) is 9.12. The molecule has 206 valence electrons. The summed E-state index contributed by atoms with van der Waals surface area (Å²) >= 11 is 0.